The van der Waals surface area contributed by atoms with E-state index in [1.165, 1.54) is 6.42 Å². The first kappa shape index (κ1) is 20.4. The van der Waals surface area contributed by atoms with Crippen LogP contribution >= 0.6 is 0 Å². The first-order chi connectivity index (χ1) is 14.3. The molecule has 0 bridgehead atoms. The summed E-state index contributed by atoms with van der Waals surface area (Å²) in [5.41, 5.74) is -0.481. The summed E-state index contributed by atoms with van der Waals surface area (Å²) in [7, 11) is 0. The number of benzene rings is 2. The highest BCUT2D eigenvalue weighted by Gasteiger charge is 2.49. The third-order valence-electron chi connectivity index (χ3n) is 6.96. The van der Waals surface area contributed by atoms with Gasteiger partial charge in [0.25, 0.3) is 5.91 Å². The van der Waals surface area contributed by atoms with E-state index in [-0.39, 0.29) is 18.5 Å². The second kappa shape index (κ2) is 7.74. The fraction of sp³-hybridized carbons (Fsp3) is 0.458. The Hall–Kier alpha value is -2.89. The molecule has 4 rings (SSSR count). The Labute approximate surface area is 177 Å². The molecule has 0 radical (unpaired) electrons. The minimum Gasteiger partial charge on any atom is -0.352 e. The van der Waals surface area contributed by atoms with Crippen molar-refractivity contribution < 1.29 is 14.4 Å². The number of nitrogens with zero attached hydrogens (tertiary/aromatic N) is 1. The van der Waals surface area contributed by atoms with Crippen molar-refractivity contribution in [2.45, 2.75) is 51.6 Å². The lowest BCUT2D eigenvalue weighted by molar-refractivity contribution is -0.135. The summed E-state index contributed by atoms with van der Waals surface area (Å²) in [6.45, 7) is 5.79. The van der Waals surface area contributed by atoms with Crippen LogP contribution in [0, 0.1) is 11.8 Å². The summed E-state index contributed by atoms with van der Waals surface area (Å²) < 4.78 is 0. The largest absolute Gasteiger partial charge is 0.352 e. The molecule has 30 heavy (non-hydrogen) atoms. The van der Waals surface area contributed by atoms with Gasteiger partial charge in [0.1, 0.15) is 12.1 Å². The fourth-order valence-electron chi connectivity index (χ4n) is 4.72. The molecule has 4 amide bonds. The van der Waals surface area contributed by atoms with Crippen LogP contribution in [0.15, 0.2) is 42.5 Å². The minimum absolute atomic E-state index is 0.0916. The number of carbonyl (C=O) groups is 3. The van der Waals surface area contributed by atoms with E-state index < -0.39 is 17.5 Å². The molecule has 6 nitrogen and oxygen atoms in total. The van der Waals surface area contributed by atoms with Gasteiger partial charge < -0.3 is 10.6 Å². The molecule has 1 saturated carbocycles. The SMILES string of the molecule is CC1CCCC(NC(=O)CN2C(=O)NC(C)(c3ccc4ccccc4c3)C2=O)C1C. The second-order valence-electron chi connectivity index (χ2n) is 8.95. The lowest BCUT2D eigenvalue weighted by Crippen LogP contribution is -2.48. The first-order valence-electron chi connectivity index (χ1n) is 10.7. The van der Waals surface area contributed by atoms with Crippen LogP contribution in [0.1, 0.15) is 45.6 Å². The van der Waals surface area contributed by atoms with Gasteiger partial charge in [-0.3, -0.25) is 14.5 Å². The van der Waals surface area contributed by atoms with E-state index in [1.54, 1.807) is 6.92 Å². The van der Waals surface area contributed by atoms with Gasteiger partial charge in [-0.15, -0.1) is 0 Å². The van der Waals surface area contributed by atoms with Crippen molar-refractivity contribution in [1.82, 2.24) is 15.5 Å². The van der Waals surface area contributed by atoms with Crippen LogP contribution in [0.3, 0.4) is 0 Å². The smallest absolute Gasteiger partial charge is 0.325 e. The van der Waals surface area contributed by atoms with E-state index in [9.17, 15) is 14.4 Å². The van der Waals surface area contributed by atoms with Gasteiger partial charge in [-0.05, 0) is 47.6 Å². The van der Waals surface area contributed by atoms with Gasteiger partial charge in [0.05, 0.1) is 0 Å². The Morgan fingerprint density at radius 1 is 1.13 bits per heavy atom. The zero-order valence-corrected chi connectivity index (χ0v) is 17.8. The average Bonchev–Trinajstić information content (AvgIpc) is 2.95. The minimum atomic E-state index is -1.19. The van der Waals surface area contributed by atoms with E-state index in [0.29, 0.717) is 17.4 Å². The molecule has 1 heterocycles. The molecule has 0 aromatic heterocycles. The zero-order valence-electron chi connectivity index (χ0n) is 17.8. The number of imide groups is 1. The molecule has 1 saturated heterocycles. The third kappa shape index (κ3) is 3.55. The summed E-state index contributed by atoms with van der Waals surface area (Å²) in [6, 6.07) is 13.1. The number of fused-ring (bicyclic) bond motifs is 1. The maximum absolute atomic E-state index is 13.2. The highest BCUT2D eigenvalue weighted by Crippen LogP contribution is 2.32. The van der Waals surface area contributed by atoms with E-state index in [4.69, 9.17) is 0 Å². The van der Waals surface area contributed by atoms with Crippen LogP contribution in [0.5, 0.6) is 0 Å². The summed E-state index contributed by atoms with van der Waals surface area (Å²) in [4.78, 5) is 39.5. The van der Waals surface area contributed by atoms with Crippen molar-refractivity contribution in [3.63, 3.8) is 0 Å². The highest BCUT2D eigenvalue weighted by atomic mass is 16.2. The maximum Gasteiger partial charge on any atom is 0.325 e. The number of carbonyl (C=O) groups excluding carboxylic acids is 3. The Balaban J connectivity index is 1.49. The van der Waals surface area contributed by atoms with Gasteiger partial charge in [0.15, 0.2) is 0 Å². The molecule has 1 aliphatic carbocycles. The van der Waals surface area contributed by atoms with Gasteiger partial charge in [-0.2, -0.15) is 0 Å². The Morgan fingerprint density at radius 3 is 2.63 bits per heavy atom. The van der Waals surface area contributed by atoms with Crippen LogP contribution in [0.2, 0.25) is 0 Å². The Bertz CT molecular complexity index is 1000. The molecule has 2 aliphatic rings. The molecular weight excluding hydrogens is 378 g/mol. The first-order valence-corrected chi connectivity index (χ1v) is 10.7. The molecule has 6 heteroatoms. The van der Waals surface area contributed by atoms with Crippen molar-refractivity contribution in [2.75, 3.05) is 6.54 Å². The second-order valence-corrected chi connectivity index (χ2v) is 8.95. The van der Waals surface area contributed by atoms with Crippen LogP contribution in [-0.2, 0) is 15.1 Å². The third-order valence-corrected chi connectivity index (χ3v) is 6.96. The molecule has 2 aromatic rings. The molecule has 158 valence electrons. The van der Waals surface area contributed by atoms with Crippen molar-refractivity contribution in [1.29, 1.82) is 0 Å². The number of rotatable bonds is 4. The summed E-state index contributed by atoms with van der Waals surface area (Å²) in [6.07, 6.45) is 3.19. The fourth-order valence-corrected chi connectivity index (χ4v) is 4.72. The summed E-state index contributed by atoms with van der Waals surface area (Å²) in [5, 5.41) is 7.90. The normalized spacial score (nSPS) is 29.2. The predicted molar refractivity (Wildman–Crippen MR) is 116 cm³/mol. The van der Waals surface area contributed by atoms with Gasteiger partial charge in [0, 0.05) is 6.04 Å². The number of hydrogen-bond donors (Lipinski definition) is 2. The zero-order chi connectivity index (χ0) is 21.5. The average molecular weight is 408 g/mol. The van der Waals surface area contributed by atoms with E-state index in [2.05, 4.69) is 24.5 Å². The number of urea groups is 1. The number of hydrogen-bond acceptors (Lipinski definition) is 3. The molecule has 4 atom stereocenters. The standard InChI is InChI=1S/C24H29N3O3/c1-15-7-6-10-20(16(15)2)25-21(28)14-27-22(29)24(3,26-23(27)30)19-12-11-17-8-4-5-9-18(17)13-19/h4-5,8-9,11-13,15-16,20H,6-7,10,14H2,1-3H3,(H,25,28)(H,26,30). The molecule has 2 N–H and O–H groups in total. The summed E-state index contributed by atoms with van der Waals surface area (Å²) >= 11 is 0. The van der Waals surface area contributed by atoms with Crippen molar-refractivity contribution in [3.05, 3.63) is 48.0 Å². The summed E-state index contributed by atoms with van der Waals surface area (Å²) in [5.74, 6) is 0.251. The van der Waals surface area contributed by atoms with Crippen molar-refractivity contribution >= 4 is 28.6 Å². The van der Waals surface area contributed by atoms with Gasteiger partial charge >= 0.3 is 6.03 Å². The van der Waals surface area contributed by atoms with E-state index in [1.807, 2.05) is 42.5 Å². The maximum atomic E-state index is 13.2. The monoisotopic (exact) mass is 407 g/mol. The topological polar surface area (TPSA) is 78.5 Å². The van der Waals surface area contributed by atoms with Gasteiger partial charge in [-0.1, -0.05) is 63.1 Å². The van der Waals surface area contributed by atoms with Crippen molar-refractivity contribution in [3.8, 4) is 0 Å². The van der Waals surface area contributed by atoms with Gasteiger partial charge in [-0.25, -0.2) is 4.79 Å². The lowest BCUT2D eigenvalue weighted by atomic mass is 9.78. The molecular formula is C24H29N3O3. The molecule has 1 aliphatic heterocycles. The Morgan fingerprint density at radius 2 is 1.87 bits per heavy atom. The lowest BCUT2D eigenvalue weighted by Gasteiger charge is -2.34. The molecule has 4 unspecified atom stereocenters. The molecule has 2 fully saturated rings. The van der Waals surface area contributed by atoms with Crippen LogP contribution in [-0.4, -0.2) is 35.3 Å². The Kier molecular flexibility index (Phi) is 5.26. The highest BCUT2D eigenvalue weighted by molar-refractivity contribution is 6.09. The van der Waals surface area contributed by atoms with Crippen LogP contribution < -0.4 is 10.6 Å². The van der Waals surface area contributed by atoms with E-state index >= 15 is 0 Å². The quantitative estimate of drug-likeness (QED) is 0.761. The number of amides is 4. The van der Waals surface area contributed by atoms with Crippen LogP contribution in [0.4, 0.5) is 4.79 Å². The van der Waals surface area contributed by atoms with Crippen molar-refractivity contribution in [2.24, 2.45) is 11.8 Å². The van der Waals surface area contributed by atoms with Crippen LogP contribution in [0.25, 0.3) is 10.8 Å². The molecule has 0 spiro atoms. The number of nitrogens with one attached hydrogen (secondary N) is 2. The predicted octanol–water partition coefficient (Wildman–Crippen LogP) is 3.55. The molecule has 2 aromatic carbocycles. The van der Waals surface area contributed by atoms with E-state index in [0.717, 1.165) is 28.5 Å². The van der Waals surface area contributed by atoms with Gasteiger partial charge in [0.2, 0.25) is 5.91 Å².